The molecule has 0 saturated carbocycles. The highest BCUT2D eigenvalue weighted by atomic mass is 79.9. The Hall–Kier alpha value is -0.350. The van der Waals surface area contributed by atoms with Crippen LogP contribution in [0.2, 0.25) is 0 Å². The van der Waals surface area contributed by atoms with Gasteiger partial charge in [0, 0.05) is 28.5 Å². The molecule has 0 heterocycles. The molecule has 1 aromatic rings. The molecule has 0 bridgehead atoms. The Bertz CT molecular complexity index is 379. The number of hydrogen-bond donors (Lipinski definition) is 0. The average molecular weight is 349 g/mol. The van der Waals surface area contributed by atoms with E-state index in [0.717, 1.165) is 34.0 Å². The van der Waals surface area contributed by atoms with Gasteiger partial charge in [-0.15, -0.1) is 0 Å². The van der Waals surface area contributed by atoms with Gasteiger partial charge >= 0.3 is 0 Å². The molecule has 88 valence electrons. The number of hydrogen-bond acceptors (Lipinski definition) is 1. The Morgan fingerprint density at radius 2 is 2.12 bits per heavy atom. The lowest BCUT2D eigenvalue weighted by atomic mass is 10.1. The molecule has 1 aromatic carbocycles. The van der Waals surface area contributed by atoms with E-state index in [0.29, 0.717) is 0 Å². The Labute approximate surface area is 113 Å². The van der Waals surface area contributed by atoms with Crippen LogP contribution in [0.15, 0.2) is 22.7 Å². The van der Waals surface area contributed by atoms with Gasteiger partial charge in [-0.1, -0.05) is 31.9 Å². The van der Waals surface area contributed by atoms with Crippen LogP contribution >= 0.6 is 31.9 Å². The zero-order valence-corrected chi connectivity index (χ0v) is 12.6. The minimum absolute atomic E-state index is 0.104. The van der Waals surface area contributed by atoms with Gasteiger partial charge in [0.1, 0.15) is 0 Å². The molecule has 0 aliphatic heterocycles. The van der Waals surface area contributed by atoms with Gasteiger partial charge in [-0.2, -0.15) is 0 Å². The molecular formula is C12H15Br2NO. The Kier molecular flexibility index (Phi) is 5.49. The summed E-state index contributed by atoms with van der Waals surface area (Å²) in [6.07, 6.45) is 0. The van der Waals surface area contributed by atoms with E-state index in [9.17, 15) is 4.79 Å². The zero-order chi connectivity index (χ0) is 12.1. The van der Waals surface area contributed by atoms with E-state index < -0.39 is 0 Å². The average Bonchev–Trinajstić information content (AvgIpc) is 2.25. The number of aryl methyl sites for hydroxylation is 1. The Morgan fingerprint density at radius 3 is 2.62 bits per heavy atom. The summed E-state index contributed by atoms with van der Waals surface area (Å²) in [6, 6.07) is 5.75. The molecule has 0 unspecified atom stereocenters. The van der Waals surface area contributed by atoms with E-state index in [1.165, 1.54) is 0 Å². The summed E-state index contributed by atoms with van der Waals surface area (Å²) >= 11 is 6.76. The molecule has 1 amide bonds. The number of amides is 1. The highest BCUT2D eigenvalue weighted by Crippen LogP contribution is 2.17. The minimum atomic E-state index is 0.104. The van der Waals surface area contributed by atoms with E-state index in [1.54, 1.807) is 0 Å². The van der Waals surface area contributed by atoms with Gasteiger partial charge in [0.25, 0.3) is 5.91 Å². The maximum absolute atomic E-state index is 12.2. The summed E-state index contributed by atoms with van der Waals surface area (Å²) in [5.41, 5.74) is 1.79. The second kappa shape index (κ2) is 6.40. The van der Waals surface area contributed by atoms with Gasteiger partial charge in [-0.25, -0.2) is 0 Å². The summed E-state index contributed by atoms with van der Waals surface area (Å²) < 4.78 is 1.00. The van der Waals surface area contributed by atoms with Crippen LogP contribution in [-0.4, -0.2) is 29.2 Å². The molecule has 0 aliphatic carbocycles. The molecule has 0 aliphatic rings. The Morgan fingerprint density at radius 1 is 1.44 bits per heavy atom. The van der Waals surface area contributed by atoms with Crippen molar-refractivity contribution in [2.24, 2.45) is 0 Å². The van der Waals surface area contributed by atoms with Gasteiger partial charge in [0.05, 0.1) is 0 Å². The number of alkyl halides is 1. The van der Waals surface area contributed by atoms with Crippen molar-refractivity contribution in [3.63, 3.8) is 0 Å². The van der Waals surface area contributed by atoms with Gasteiger partial charge in [0.15, 0.2) is 0 Å². The molecule has 4 heteroatoms. The summed E-state index contributed by atoms with van der Waals surface area (Å²) in [5.74, 6) is 0.104. The van der Waals surface area contributed by atoms with Crippen molar-refractivity contribution in [1.29, 1.82) is 0 Å². The number of carbonyl (C=O) groups excluding carboxylic acids is 1. The van der Waals surface area contributed by atoms with E-state index in [-0.39, 0.29) is 5.91 Å². The summed E-state index contributed by atoms with van der Waals surface area (Å²) in [7, 11) is 0. The SMILES string of the molecule is CCN(CCBr)C(=O)c1ccc(Br)cc1C. The van der Waals surface area contributed by atoms with Crippen LogP contribution in [0.3, 0.4) is 0 Å². The monoisotopic (exact) mass is 347 g/mol. The van der Waals surface area contributed by atoms with Crippen molar-refractivity contribution >= 4 is 37.8 Å². The fourth-order valence-corrected chi connectivity index (χ4v) is 2.45. The number of benzene rings is 1. The predicted octanol–water partition coefficient (Wildman–Crippen LogP) is 3.61. The zero-order valence-electron chi connectivity index (χ0n) is 9.46. The lowest BCUT2D eigenvalue weighted by Crippen LogP contribution is -2.32. The van der Waals surface area contributed by atoms with Crippen LogP contribution in [0.5, 0.6) is 0 Å². The first-order valence-corrected chi connectivity index (χ1v) is 7.13. The summed E-state index contributed by atoms with van der Waals surface area (Å²) in [4.78, 5) is 14.0. The van der Waals surface area contributed by atoms with Crippen molar-refractivity contribution in [3.8, 4) is 0 Å². The second-order valence-electron chi connectivity index (χ2n) is 3.53. The lowest BCUT2D eigenvalue weighted by molar-refractivity contribution is 0.0774. The molecule has 0 aromatic heterocycles. The largest absolute Gasteiger partial charge is 0.338 e. The van der Waals surface area contributed by atoms with Crippen LogP contribution in [0, 0.1) is 6.92 Å². The van der Waals surface area contributed by atoms with Crippen molar-refractivity contribution in [3.05, 3.63) is 33.8 Å². The predicted molar refractivity (Wildman–Crippen MR) is 74.3 cm³/mol. The molecule has 2 nitrogen and oxygen atoms in total. The van der Waals surface area contributed by atoms with Crippen molar-refractivity contribution in [2.45, 2.75) is 13.8 Å². The summed E-state index contributed by atoms with van der Waals surface area (Å²) in [5, 5.41) is 0.808. The van der Waals surface area contributed by atoms with Crippen LogP contribution in [0.1, 0.15) is 22.8 Å². The maximum Gasteiger partial charge on any atom is 0.254 e. The van der Waals surface area contributed by atoms with Crippen LogP contribution in [0.25, 0.3) is 0 Å². The lowest BCUT2D eigenvalue weighted by Gasteiger charge is -2.20. The smallest absolute Gasteiger partial charge is 0.254 e. The first-order chi connectivity index (χ1) is 7.60. The van der Waals surface area contributed by atoms with Gasteiger partial charge in [-0.05, 0) is 37.6 Å². The third-order valence-electron chi connectivity index (χ3n) is 2.44. The topological polar surface area (TPSA) is 20.3 Å². The fraction of sp³-hybridized carbons (Fsp3) is 0.417. The second-order valence-corrected chi connectivity index (χ2v) is 5.24. The number of nitrogens with zero attached hydrogens (tertiary/aromatic N) is 1. The van der Waals surface area contributed by atoms with Crippen LogP contribution < -0.4 is 0 Å². The molecular weight excluding hydrogens is 334 g/mol. The Balaban J connectivity index is 2.94. The maximum atomic E-state index is 12.2. The van der Waals surface area contributed by atoms with Gasteiger partial charge < -0.3 is 4.90 Å². The molecule has 0 atom stereocenters. The molecule has 1 rings (SSSR count). The highest BCUT2D eigenvalue weighted by molar-refractivity contribution is 9.10. The third-order valence-corrected chi connectivity index (χ3v) is 3.29. The van der Waals surface area contributed by atoms with Crippen molar-refractivity contribution in [1.82, 2.24) is 4.90 Å². The highest BCUT2D eigenvalue weighted by Gasteiger charge is 2.15. The van der Waals surface area contributed by atoms with E-state index in [4.69, 9.17) is 0 Å². The van der Waals surface area contributed by atoms with Gasteiger partial charge in [-0.3, -0.25) is 4.79 Å². The molecule has 0 spiro atoms. The number of carbonyl (C=O) groups is 1. The first-order valence-electron chi connectivity index (χ1n) is 5.21. The van der Waals surface area contributed by atoms with Gasteiger partial charge in [0.2, 0.25) is 0 Å². The molecule has 0 fully saturated rings. The normalized spacial score (nSPS) is 10.2. The van der Waals surface area contributed by atoms with Crippen molar-refractivity contribution < 1.29 is 4.79 Å². The molecule has 0 radical (unpaired) electrons. The molecule has 16 heavy (non-hydrogen) atoms. The van der Waals surface area contributed by atoms with Crippen molar-refractivity contribution in [2.75, 3.05) is 18.4 Å². The van der Waals surface area contributed by atoms with E-state index in [2.05, 4.69) is 31.9 Å². The third kappa shape index (κ3) is 3.32. The fourth-order valence-electron chi connectivity index (χ4n) is 1.54. The van der Waals surface area contributed by atoms with E-state index in [1.807, 2.05) is 36.9 Å². The quantitative estimate of drug-likeness (QED) is 0.761. The summed E-state index contributed by atoms with van der Waals surface area (Å²) in [6.45, 7) is 5.43. The van der Waals surface area contributed by atoms with E-state index >= 15 is 0 Å². The first kappa shape index (κ1) is 13.7. The number of rotatable bonds is 4. The molecule has 0 saturated heterocycles. The van der Waals surface area contributed by atoms with Crippen LogP contribution in [0.4, 0.5) is 0 Å². The standard InChI is InChI=1S/C12H15Br2NO/c1-3-15(7-6-13)12(16)11-5-4-10(14)8-9(11)2/h4-5,8H,3,6-7H2,1-2H3. The molecule has 0 N–H and O–H groups in total. The minimum Gasteiger partial charge on any atom is -0.338 e. The van der Waals surface area contributed by atoms with Crippen LogP contribution in [-0.2, 0) is 0 Å². The number of halogens is 2.